The number of rotatable bonds is 8. The Bertz CT molecular complexity index is 973. The van der Waals surface area contributed by atoms with E-state index < -0.39 is 0 Å². The third-order valence-electron chi connectivity index (χ3n) is 4.68. The van der Waals surface area contributed by atoms with Crippen LogP contribution in [0.4, 0.5) is 5.69 Å². The van der Waals surface area contributed by atoms with Crippen LogP contribution in [0.5, 0.6) is 0 Å². The summed E-state index contributed by atoms with van der Waals surface area (Å²) in [5.41, 5.74) is 2.80. The lowest BCUT2D eigenvalue weighted by atomic mass is 10.1. The fraction of sp³-hybridized carbons (Fsp3) is 0.261. The lowest BCUT2D eigenvalue weighted by Crippen LogP contribution is -2.29. The molecule has 1 saturated heterocycles. The molecule has 0 saturated carbocycles. The van der Waals surface area contributed by atoms with E-state index in [0.29, 0.717) is 32.9 Å². The Morgan fingerprint density at radius 1 is 1.13 bits per heavy atom. The van der Waals surface area contributed by atoms with Gasteiger partial charge in [0.05, 0.1) is 15.6 Å². The van der Waals surface area contributed by atoms with Gasteiger partial charge in [-0.1, -0.05) is 84.0 Å². The first-order valence-electron chi connectivity index (χ1n) is 9.80. The molecule has 1 aliphatic rings. The molecule has 4 nitrogen and oxygen atoms in total. The fourth-order valence-corrected chi connectivity index (χ4v) is 4.51. The van der Waals surface area contributed by atoms with Gasteiger partial charge in [0.2, 0.25) is 5.91 Å². The van der Waals surface area contributed by atoms with Crippen LogP contribution in [0.3, 0.4) is 0 Å². The summed E-state index contributed by atoms with van der Waals surface area (Å²) in [5.74, 6) is -0.100. The van der Waals surface area contributed by atoms with E-state index in [9.17, 15) is 9.59 Å². The molecule has 0 spiro atoms. The van der Waals surface area contributed by atoms with Gasteiger partial charge in [-0.3, -0.25) is 14.5 Å². The van der Waals surface area contributed by atoms with Gasteiger partial charge in [-0.05, 0) is 43.5 Å². The number of thiocarbonyl (C=S) groups is 1. The number of carbonyl (C=O) groups excluding carboxylic acids is 2. The summed E-state index contributed by atoms with van der Waals surface area (Å²) < 4.78 is 0.592. The number of aryl methyl sites for hydroxylation is 1. The normalized spacial score (nSPS) is 15.1. The fourth-order valence-electron chi connectivity index (χ4n) is 3.01. The van der Waals surface area contributed by atoms with E-state index in [2.05, 4.69) is 5.32 Å². The highest BCUT2D eigenvalue weighted by Crippen LogP contribution is 2.32. The van der Waals surface area contributed by atoms with Gasteiger partial charge in [0, 0.05) is 13.0 Å². The molecule has 0 unspecified atom stereocenters. The second kappa shape index (κ2) is 10.8. The number of nitrogens with one attached hydrogen (secondary N) is 1. The quantitative estimate of drug-likeness (QED) is 0.297. The standard InChI is InChI=1S/C23H23ClN2O2S2/c1-16-10-12-17(13-11-16)15-20-22(28)26(23(29)30-20)14-6-2-3-9-21(27)25-19-8-5-4-7-18(19)24/h4-5,7-8,10-13,15H,2-3,6,9,14H2,1H3,(H,25,27). The molecule has 1 fully saturated rings. The first-order chi connectivity index (χ1) is 14.4. The maximum Gasteiger partial charge on any atom is 0.266 e. The number of para-hydroxylation sites is 1. The number of hydrogen-bond acceptors (Lipinski definition) is 4. The molecule has 0 aromatic heterocycles. The van der Waals surface area contributed by atoms with Crippen LogP contribution in [0, 0.1) is 6.92 Å². The van der Waals surface area contributed by atoms with E-state index in [1.165, 1.54) is 17.3 Å². The molecule has 0 radical (unpaired) electrons. The molecular formula is C23H23ClN2O2S2. The van der Waals surface area contributed by atoms with E-state index in [0.717, 1.165) is 24.8 Å². The van der Waals surface area contributed by atoms with E-state index in [-0.39, 0.29) is 11.8 Å². The highest BCUT2D eigenvalue weighted by atomic mass is 35.5. The number of nitrogens with zero attached hydrogens (tertiary/aromatic N) is 1. The van der Waals surface area contributed by atoms with Crippen LogP contribution in [0.1, 0.15) is 36.8 Å². The van der Waals surface area contributed by atoms with Crippen molar-refractivity contribution in [3.63, 3.8) is 0 Å². The van der Waals surface area contributed by atoms with Crippen molar-refractivity contribution in [3.8, 4) is 0 Å². The largest absolute Gasteiger partial charge is 0.325 e. The molecule has 156 valence electrons. The summed E-state index contributed by atoms with van der Waals surface area (Å²) in [6.45, 7) is 2.60. The Kier molecular flexibility index (Phi) is 8.08. The van der Waals surface area contributed by atoms with Crippen LogP contribution in [0.25, 0.3) is 6.08 Å². The second-order valence-electron chi connectivity index (χ2n) is 7.08. The van der Waals surface area contributed by atoms with Crippen LogP contribution in [0.2, 0.25) is 5.02 Å². The summed E-state index contributed by atoms with van der Waals surface area (Å²) in [6.07, 6.45) is 4.67. The molecule has 2 aromatic carbocycles. The molecule has 7 heteroatoms. The number of halogens is 1. The third-order valence-corrected chi connectivity index (χ3v) is 6.39. The van der Waals surface area contributed by atoms with E-state index >= 15 is 0 Å². The monoisotopic (exact) mass is 458 g/mol. The minimum absolute atomic E-state index is 0.0398. The third kappa shape index (κ3) is 6.17. The maximum atomic E-state index is 12.7. The van der Waals surface area contributed by atoms with Gasteiger partial charge < -0.3 is 5.32 Å². The minimum atomic E-state index is -0.0604. The van der Waals surface area contributed by atoms with Crippen molar-refractivity contribution in [1.82, 2.24) is 4.90 Å². The molecular weight excluding hydrogens is 436 g/mol. The Hall–Kier alpha value is -2.15. The zero-order valence-electron chi connectivity index (χ0n) is 16.7. The first-order valence-corrected chi connectivity index (χ1v) is 11.4. The van der Waals surface area contributed by atoms with Gasteiger partial charge in [0.15, 0.2) is 0 Å². The van der Waals surface area contributed by atoms with Crippen LogP contribution >= 0.6 is 35.6 Å². The predicted octanol–water partition coefficient (Wildman–Crippen LogP) is 6.05. The number of thioether (sulfide) groups is 1. The number of unbranched alkanes of at least 4 members (excludes halogenated alkanes) is 2. The second-order valence-corrected chi connectivity index (χ2v) is 9.17. The SMILES string of the molecule is Cc1ccc(C=C2SC(=S)N(CCCCCC(=O)Nc3ccccc3Cl)C2=O)cc1. The molecule has 0 bridgehead atoms. The molecule has 2 amide bonds. The summed E-state index contributed by atoms with van der Waals surface area (Å²) in [4.78, 5) is 27.0. The number of anilines is 1. The number of benzene rings is 2. The van der Waals surface area contributed by atoms with Crippen LogP contribution in [-0.4, -0.2) is 27.6 Å². The van der Waals surface area contributed by atoms with Crippen LogP contribution in [-0.2, 0) is 9.59 Å². The average molecular weight is 459 g/mol. The van der Waals surface area contributed by atoms with E-state index in [1.54, 1.807) is 17.0 Å². The van der Waals surface area contributed by atoms with E-state index in [1.807, 2.05) is 49.4 Å². The van der Waals surface area contributed by atoms with Gasteiger partial charge in [-0.15, -0.1) is 0 Å². The Morgan fingerprint density at radius 3 is 2.60 bits per heavy atom. The highest BCUT2D eigenvalue weighted by molar-refractivity contribution is 8.26. The lowest BCUT2D eigenvalue weighted by molar-refractivity contribution is -0.122. The molecule has 0 atom stereocenters. The summed E-state index contributed by atoms with van der Waals surface area (Å²) >= 11 is 12.8. The van der Waals surface area contributed by atoms with Crippen molar-refractivity contribution in [2.45, 2.75) is 32.6 Å². The van der Waals surface area contributed by atoms with Crippen molar-refractivity contribution in [1.29, 1.82) is 0 Å². The average Bonchev–Trinajstić information content (AvgIpc) is 2.98. The maximum absolute atomic E-state index is 12.7. The van der Waals surface area contributed by atoms with Crippen molar-refractivity contribution >= 4 is 63.5 Å². The van der Waals surface area contributed by atoms with Crippen molar-refractivity contribution < 1.29 is 9.59 Å². The van der Waals surface area contributed by atoms with Gasteiger partial charge in [-0.25, -0.2) is 0 Å². The molecule has 1 heterocycles. The smallest absolute Gasteiger partial charge is 0.266 e. The van der Waals surface area contributed by atoms with Gasteiger partial charge in [-0.2, -0.15) is 0 Å². The van der Waals surface area contributed by atoms with Crippen LogP contribution in [0.15, 0.2) is 53.4 Å². The zero-order chi connectivity index (χ0) is 21.5. The van der Waals surface area contributed by atoms with Crippen molar-refractivity contribution in [2.75, 3.05) is 11.9 Å². The first kappa shape index (κ1) is 22.5. The zero-order valence-corrected chi connectivity index (χ0v) is 19.1. The Morgan fingerprint density at radius 2 is 1.87 bits per heavy atom. The molecule has 2 aromatic rings. The lowest BCUT2D eigenvalue weighted by Gasteiger charge is -2.14. The summed E-state index contributed by atoms with van der Waals surface area (Å²) in [5, 5.41) is 3.35. The molecule has 1 aliphatic heterocycles. The summed E-state index contributed by atoms with van der Waals surface area (Å²) in [7, 11) is 0. The number of carbonyl (C=O) groups is 2. The van der Waals surface area contributed by atoms with Gasteiger partial charge in [0.1, 0.15) is 4.32 Å². The minimum Gasteiger partial charge on any atom is -0.325 e. The number of hydrogen-bond donors (Lipinski definition) is 1. The van der Waals surface area contributed by atoms with Gasteiger partial charge >= 0.3 is 0 Å². The predicted molar refractivity (Wildman–Crippen MR) is 130 cm³/mol. The van der Waals surface area contributed by atoms with Crippen LogP contribution < -0.4 is 5.32 Å². The molecule has 1 N–H and O–H groups in total. The molecule has 3 rings (SSSR count). The van der Waals surface area contributed by atoms with Crippen molar-refractivity contribution in [2.24, 2.45) is 0 Å². The summed E-state index contributed by atoms with van der Waals surface area (Å²) in [6, 6.07) is 15.2. The van der Waals surface area contributed by atoms with Gasteiger partial charge in [0.25, 0.3) is 5.91 Å². The topological polar surface area (TPSA) is 49.4 Å². The Labute approximate surface area is 191 Å². The highest BCUT2D eigenvalue weighted by Gasteiger charge is 2.31. The van der Waals surface area contributed by atoms with Crippen molar-refractivity contribution in [3.05, 3.63) is 69.6 Å². The molecule has 0 aliphatic carbocycles. The number of amides is 2. The Balaban J connectivity index is 1.42. The molecule has 30 heavy (non-hydrogen) atoms. The van der Waals surface area contributed by atoms with E-state index in [4.69, 9.17) is 23.8 Å².